The van der Waals surface area contributed by atoms with E-state index < -0.39 is 17.4 Å². The van der Waals surface area contributed by atoms with Crippen molar-refractivity contribution in [2.24, 2.45) is 0 Å². The van der Waals surface area contributed by atoms with E-state index in [9.17, 15) is 18.0 Å². The molecule has 160 valence electrons. The average Bonchev–Trinajstić information content (AvgIpc) is 3.37. The second-order valence-electron chi connectivity index (χ2n) is 7.42. The van der Waals surface area contributed by atoms with Gasteiger partial charge < -0.3 is 20.0 Å². The van der Waals surface area contributed by atoms with Gasteiger partial charge in [0.15, 0.2) is 5.76 Å². The Balaban J connectivity index is 1.37. The number of oxazole rings is 1. The van der Waals surface area contributed by atoms with Crippen molar-refractivity contribution in [3.05, 3.63) is 48.4 Å². The van der Waals surface area contributed by atoms with Gasteiger partial charge in [0, 0.05) is 30.5 Å². The second-order valence-corrected chi connectivity index (χ2v) is 7.42. The smallest absolute Gasteiger partial charge is 0.423 e. The van der Waals surface area contributed by atoms with Crippen LogP contribution in [0.3, 0.4) is 0 Å². The van der Waals surface area contributed by atoms with E-state index in [0.29, 0.717) is 36.1 Å². The van der Waals surface area contributed by atoms with Gasteiger partial charge in [-0.3, -0.25) is 4.79 Å². The van der Waals surface area contributed by atoms with Crippen molar-refractivity contribution in [3.63, 3.8) is 0 Å². The predicted molar refractivity (Wildman–Crippen MR) is 105 cm³/mol. The third kappa shape index (κ3) is 3.56. The molecule has 2 aliphatic rings. The minimum atomic E-state index is -4.55. The van der Waals surface area contributed by atoms with Crippen molar-refractivity contribution in [2.75, 3.05) is 23.3 Å². The van der Waals surface area contributed by atoms with Crippen molar-refractivity contribution in [3.8, 4) is 11.3 Å². The predicted octanol–water partition coefficient (Wildman–Crippen LogP) is 3.36. The monoisotopic (exact) mass is 430 g/mol. The lowest BCUT2D eigenvalue weighted by molar-refractivity contribution is -0.141. The highest BCUT2D eigenvalue weighted by Gasteiger charge is 2.57. The SMILES string of the molecule is O=C1NCCN(c2ncc(-c3cccc(Nc4nccc(C(F)(F)F)n4)c3)o2)C12CC2. The molecule has 2 N–H and O–H groups in total. The van der Waals surface area contributed by atoms with Crippen molar-refractivity contribution in [1.82, 2.24) is 20.3 Å². The van der Waals surface area contributed by atoms with Crippen LogP contribution in [0.1, 0.15) is 18.5 Å². The van der Waals surface area contributed by atoms with Crippen LogP contribution in [-0.2, 0) is 11.0 Å². The van der Waals surface area contributed by atoms with Gasteiger partial charge in [0.1, 0.15) is 11.2 Å². The molecule has 1 amide bonds. The second kappa shape index (κ2) is 6.96. The molecule has 3 heterocycles. The zero-order chi connectivity index (χ0) is 21.6. The van der Waals surface area contributed by atoms with Crippen LogP contribution < -0.4 is 15.5 Å². The number of nitrogens with zero attached hydrogens (tertiary/aromatic N) is 4. The number of rotatable bonds is 4. The van der Waals surface area contributed by atoms with E-state index in [1.54, 1.807) is 30.5 Å². The fourth-order valence-corrected chi connectivity index (χ4v) is 3.66. The number of anilines is 3. The van der Waals surface area contributed by atoms with Crippen LogP contribution in [0.5, 0.6) is 0 Å². The standard InChI is InChI=1S/C20H17F3N6O2/c21-20(22,23)15-4-7-25-17(28-15)27-13-3-1-2-12(10-13)14-11-26-18(31-14)29-9-8-24-16(30)19(29)5-6-19/h1-4,7,10-11H,5-6,8-9H2,(H,24,30)(H,25,27,28). The number of alkyl halides is 3. The zero-order valence-electron chi connectivity index (χ0n) is 16.1. The fourth-order valence-electron chi connectivity index (χ4n) is 3.66. The van der Waals surface area contributed by atoms with Gasteiger partial charge in [-0.25, -0.2) is 15.0 Å². The number of hydrogen-bond donors (Lipinski definition) is 2. The Bertz CT molecular complexity index is 1140. The molecule has 31 heavy (non-hydrogen) atoms. The lowest BCUT2D eigenvalue weighted by Crippen LogP contribution is -2.57. The van der Waals surface area contributed by atoms with Crippen LogP contribution in [0, 0.1) is 0 Å². The van der Waals surface area contributed by atoms with Gasteiger partial charge >= 0.3 is 6.18 Å². The molecule has 0 unspecified atom stereocenters. The summed E-state index contributed by atoms with van der Waals surface area (Å²) in [6.07, 6.45) is -0.424. The van der Waals surface area contributed by atoms with Crippen molar-refractivity contribution >= 4 is 23.6 Å². The summed E-state index contributed by atoms with van der Waals surface area (Å²) in [7, 11) is 0. The maximum atomic E-state index is 12.9. The summed E-state index contributed by atoms with van der Waals surface area (Å²) in [4.78, 5) is 25.8. The first kappa shape index (κ1) is 19.3. The van der Waals surface area contributed by atoms with Crippen LogP contribution in [0.15, 0.2) is 47.1 Å². The molecule has 2 aromatic heterocycles. The van der Waals surface area contributed by atoms with E-state index in [4.69, 9.17) is 4.42 Å². The highest BCUT2D eigenvalue weighted by molar-refractivity contribution is 5.93. The molecule has 0 atom stereocenters. The molecule has 3 aromatic rings. The molecular formula is C20H17F3N6O2. The number of aromatic nitrogens is 3. The number of carbonyl (C=O) groups is 1. The molecule has 5 rings (SSSR count). The number of piperazine rings is 1. The van der Waals surface area contributed by atoms with Gasteiger partial charge in [-0.15, -0.1) is 0 Å². The van der Waals surface area contributed by atoms with Gasteiger partial charge in [0.05, 0.1) is 6.20 Å². The molecule has 1 aromatic carbocycles. The normalized spacial score (nSPS) is 17.5. The number of halogens is 3. The summed E-state index contributed by atoms with van der Waals surface area (Å²) in [5.41, 5.74) is -0.432. The molecule has 11 heteroatoms. The van der Waals surface area contributed by atoms with E-state index in [-0.39, 0.29) is 11.9 Å². The number of hydrogen-bond acceptors (Lipinski definition) is 7. The highest BCUT2D eigenvalue weighted by Crippen LogP contribution is 2.45. The maximum Gasteiger partial charge on any atom is 0.433 e. The lowest BCUT2D eigenvalue weighted by atomic mass is 10.1. The Labute approximate surface area is 174 Å². The van der Waals surface area contributed by atoms with Crippen molar-refractivity contribution in [2.45, 2.75) is 24.6 Å². The first-order valence-electron chi connectivity index (χ1n) is 9.65. The largest absolute Gasteiger partial charge is 0.433 e. The summed E-state index contributed by atoms with van der Waals surface area (Å²) < 4.78 is 44.5. The lowest BCUT2D eigenvalue weighted by Gasteiger charge is -2.34. The number of nitrogens with one attached hydrogen (secondary N) is 2. The molecule has 1 aliphatic carbocycles. The van der Waals surface area contributed by atoms with Crippen molar-refractivity contribution in [1.29, 1.82) is 0 Å². The van der Waals surface area contributed by atoms with Crippen LogP contribution in [0.2, 0.25) is 0 Å². The molecule has 1 aliphatic heterocycles. The Morgan fingerprint density at radius 2 is 2.03 bits per heavy atom. The Kier molecular flexibility index (Phi) is 4.34. The van der Waals surface area contributed by atoms with Gasteiger partial charge in [0.2, 0.25) is 11.9 Å². The molecule has 1 saturated heterocycles. The number of carbonyl (C=O) groups excluding carboxylic acids is 1. The molecule has 0 radical (unpaired) electrons. The fraction of sp³-hybridized carbons (Fsp3) is 0.300. The Morgan fingerprint density at radius 1 is 1.19 bits per heavy atom. The van der Waals surface area contributed by atoms with Gasteiger partial charge in [0.25, 0.3) is 6.01 Å². The summed E-state index contributed by atoms with van der Waals surface area (Å²) in [5.74, 6) is 0.302. The summed E-state index contributed by atoms with van der Waals surface area (Å²) >= 11 is 0. The van der Waals surface area contributed by atoms with Gasteiger partial charge in [-0.2, -0.15) is 13.2 Å². The van der Waals surface area contributed by atoms with Crippen LogP contribution >= 0.6 is 0 Å². The molecule has 0 bridgehead atoms. The number of benzene rings is 1. The topological polar surface area (TPSA) is 96.2 Å². The molecule has 1 saturated carbocycles. The minimum Gasteiger partial charge on any atom is -0.423 e. The summed E-state index contributed by atoms with van der Waals surface area (Å²) in [6, 6.07) is 8.08. The minimum absolute atomic E-state index is 0.00853. The van der Waals surface area contributed by atoms with E-state index in [1.807, 2.05) is 4.90 Å². The van der Waals surface area contributed by atoms with Gasteiger partial charge in [-0.05, 0) is 31.0 Å². The van der Waals surface area contributed by atoms with Crippen LogP contribution in [0.25, 0.3) is 11.3 Å². The third-order valence-corrected chi connectivity index (χ3v) is 5.36. The van der Waals surface area contributed by atoms with E-state index in [2.05, 4.69) is 25.6 Å². The number of amides is 1. The third-order valence-electron chi connectivity index (χ3n) is 5.36. The molecule has 8 nitrogen and oxygen atoms in total. The maximum absolute atomic E-state index is 12.9. The van der Waals surface area contributed by atoms with E-state index in [0.717, 1.165) is 25.1 Å². The average molecular weight is 430 g/mol. The van der Waals surface area contributed by atoms with Crippen molar-refractivity contribution < 1.29 is 22.4 Å². The van der Waals surface area contributed by atoms with E-state index >= 15 is 0 Å². The molecule has 1 spiro atoms. The first-order chi connectivity index (χ1) is 14.8. The zero-order valence-corrected chi connectivity index (χ0v) is 16.1. The van der Waals surface area contributed by atoms with Crippen LogP contribution in [-0.4, -0.2) is 39.5 Å². The Morgan fingerprint density at radius 3 is 2.81 bits per heavy atom. The summed E-state index contributed by atoms with van der Waals surface area (Å²) in [5, 5.41) is 5.65. The quantitative estimate of drug-likeness (QED) is 0.655. The van der Waals surface area contributed by atoms with Gasteiger partial charge in [-0.1, -0.05) is 12.1 Å². The van der Waals surface area contributed by atoms with Crippen LogP contribution in [0.4, 0.5) is 30.8 Å². The first-order valence-corrected chi connectivity index (χ1v) is 9.65. The molecule has 2 fully saturated rings. The van der Waals surface area contributed by atoms with E-state index in [1.165, 1.54) is 0 Å². The summed E-state index contributed by atoms with van der Waals surface area (Å²) in [6.45, 7) is 1.13. The highest BCUT2D eigenvalue weighted by atomic mass is 19.4. The Hall–Kier alpha value is -3.63. The molecular weight excluding hydrogens is 413 g/mol.